The molecule has 0 aliphatic carbocycles. The zero-order valence-corrected chi connectivity index (χ0v) is 17.4. The van der Waals surface area contributed by atoms with Gasteiger partial charge in [-0.05, 0) is 42.8 Å². The first kappa shape index (κ1) is 21.1. The molecule has 2 aromatic rings. The molecule has 156 valence electrons. The van der Waals surface area contributed by atoms with Crippen LogP contribution in [0.2, 0.25) is 0 Å². The normalized spacial score (nSPS) is 15.1. The Morgan fingerprint density at radius 3 is 2.28 bits per heavy atom. The van der Waals surface area contributed by atoms with Gasteiger partial charge in [0.25, 0.3) is 5.91 Å². The van der Waals surface area contributed by atoms with Crippen LogP contribution in [0.4, 0.5) is 5.69 Å². The number of benzene rings is 2. The van der Waals surface area contributed by atoms with E-state index in [1.54, 1.807) is 35.7 Å². The minimum atomic E-state index is -3.32. The summed E-state index contributed by atoms with van der Waals surface area (Å²) in [5.41, 5.74) is 1.64. The topological polar surface area (TPSA) is 78.9 Å². The van der Waals surface area contributed by atoms with Gasteiger partial charge in [-0.3, -0.25) is 4.79 Å². The maximum Gasteiger partial charge on any atom is 0.251 e. The van der Waals surface area contributed by atoms with Crippen molar-refractivity contribution < 1.29 is 17.9 Å². The monoisotopic (exact) mass is 417 g/mol. The van der Waals surface area contributed by atoms with Gasteiger partial charge in [-0.25, -0.2) is 8.42 Å². The number of nitrogens with one attached hydrogen (secondary N) is 1. The summed E-state index contributed by atoms with van der Waals surface area (Å²) in [6, 6.07) is 16.8. The summed E-state index contributed by atoms with van der Waals surface area (Å²) in [6.45, 7) is 2.63. The summed E-state index contributed by atoms with van der Waals surface area (Å²) in [5.74, 6) is 0.489. The first-order valence-corrected chi connectivity index (χ1v) is 11.3. The first-order valence-electron chi connectivity index (χ1n) is 9.70. The number of anilines is 1. The van der Waals surface area contributed by atoms with Gasteiger partial charge in [-0.2, -0.15) is 4.31 Å². The van der Waals surface area contributed by atoms with E-state index < -0.39 is 10.0 Å². The standard InChI is InChI=1S/C21H27N3O4S/c1-28-20-10-8-18(9-11-20)21(25)22-12-5-17-29(26,27)24-15-13-23(14-16-24)19-6-3-2-4-7-19/h2-4,6-11H,5,12-17H2,1H3,(H,22,25). The fourth-order valence-electron chi connectivity index (χ4n) is 3.29. The third kappa shape index (κ3) is 5.71. The van der Waals surface area contributed by atoms with Crippen LogP contribution in [-0.2, 0) is 10.0 Å². The number of carbonyl (C=O) groups is 1. The molecule has 1 saturated heterocycles. The molecule has 0 atom stereocenters. The van der Waals surface area contributed by atoms with E-state index in [2.05, 4.69) is 10.2 Å². The van der Waals surface area contributed by atoms with Crippen LogP contribution in [0.25, 0.3) is 0 Å². The van der Waals surface area contributed by atoms with Crippen molar-refractivity contribution in [3.8, 4) is 5.75 Å². The van der Waals surface area contributed by atoms with E-state index in [9.17, 15) is 13.2 Å². The zero-order valence-electron chi connectivity index (χ0n) is 16.6. The Morgan fingerprint density at radius 2 is 1.66 bits per heavy atom. The number of ether oxygens (including phenoxy) is 1. The molecule has 1 heterocycles. The van der Waals surface area contributed by atoms with Gasteiger partial charge in [0.2, 0.25) is 10.0 Å². The summed E-state index contributed by atoms with van der Waals surface area (Å²) < 4.78 is 31.8. The SMILES string of the molecule is COc1ccc(C(=O)NCCCS(=O)(=O)N2CCN(c3ccccc3)CC2)cc1. The van der Waals surface area contributed by atoms with E-state index in [1.807, 2.05) is 30.3 Å². The van der Waals surface area contributed by atoms with Crippen LogP contribution in [-0.4, -0.2) is 64.2 Å². The number of hydrogen-bond acceptors (Lipinski definition) is 5. The van der Waals surface area contributed by atoms with Crippen molar-refractivity contribution >= 4 is 21.6 Å². The second kappa shape index (κ2) is 9.76. The maximum atomic E-state index is 12.6. The summed E-state index contributed by atoms with van der Waals surface area (Å²) in [7, 11) is -1.76. The third-order valence-electron chi connectivity index (χ3n) is 4.97. The average molecular weight is 418 g/mol. The van der Waals surface area contributed by atoms with Gasteiger partial charge in [0, 0.05) is 44.0 Å². The molecular formula is C21H27N3O4S. The lowest BCUT2D eigenvalue weighted by molar-refractivity contribution is 0.0953. The van der Waals surface area contributed by atoms with Crippen molar-refractivity contribution in [1.82, 2.24) is 9.62 Å². The Hall–Kier alpha value is -2.58. The number of rotatable bonds is 8. The van der Waals surface area contributed by atoms with Crippen LogP contribution >= 0.6 is 0 Å². The Bertz CT molecular complexity index is 893. The van der Waals surface area contributed by atoms with E-state index >= 15 is 0 Å². The predicted molar refractivity (Wildman–Crippen MR) is 114 cm³/mol. The van der Waals surface area contributed by atoms with Gasteiger partial charge in [-0.15, -0.1) is 0 Å². The summed E-state index contributed by atoms with van der Waals surface area (Å²) in [4.78, 5) is 14.3. The molecule has 1 aliphatic heterocycles. The second-order valence-corrected chi connectivity index (χ2v) is 8.96. The number of amides is 1. The number of methoxy groups -OCH3 is 1. The van der Waals surface area contributed by atoms with Crippen LogP contribution < -0.4 is 15.0 Å². The third-order valence-corrected chi connectivity index (χ3v) is 6.93. The summed E-state index contributed by atoms with van der Waals surface area (Å²) in [5, 5.41) is 2.77. The van der Waals surface area contributed by atoms with Crippen molar-refractivity contribution in [2.45, 2.75) is 6.42 Å². The number of carbonyl (C=O) groups excluding carboxylic acids is 1. The molecule has 29 heavy (non-hydrogen) atoms. The predicted octanol–water partition coefficient (Wildman–Crippen LogP) is 1.97. The highest BCUT2D eigenvalue weighted by atomic mass is 32.2. The minimum absolute atomic E-state index is 0.0290. The van der Waals surface area contributed by atoms with Crippen LogP contribution in [0, 0.1) is 0 Å². The Labute approximate surface area is 172 Å². The Morgan fingerprint density at radius 1 is 1.00 bits per heavy atom. The summed E-state index contributed by atoms with van der Waals surface area (Å²) in [6.07, 6.45) is 0.378. The molecule has 7 nitrogen and oxygen atoms in total. The van der Waals surface area contributed by atoms with Crippen LogP contribution in [0.15, 0.2) is 54.6 Å². The van der Waals surface area contributed by atoms with E-state index in [0.29, 0.717) is 50.5 Å². The van der Waals surface area contributed by atoms with Gasteiger partial charge in [0.05, 0.1) is 12.9 Å². The second-order valence-electron chi connectivity index (χ2n) is 6.88. The van der Waals surface area contributed by atoms with Crippen molar-refractivity contribution in [3.05, 3.63) is 60.2 Å². The minimum Gasteiger partial charge on any atom is -0.497 e. The fourth-order valence-corrected chi connectivity index (χ4v) is 4.78. The first-order chi connectivity index (χ1) is 14.0. The Kier molecular flexibility index (Phi) is 7.11. The molecule has 1 aliphatic rings. The highest BCUT2D eigenvalue weighted by Gasteiger charge is 2.26. The molecule has 0 bridgehead atoms. The number of para-hydroxylation sites is 1. The molecule has 1 amide bonds. The van der Waals surface area contributed by atoms with E-state index in [4.69, 9.17) is 4.74 Å². The van der Waals surface area contributed by atoms with Gasteiger partial charge < -0.3 is 15.0 Å². The highest BCUT2D eigenvalue weighted by Crippen LogP contribution is 2.17. The molecule has 0 radical (unpaired) electrons. The van der Waals surface area contributed by atoms with Crippen LogP contribution in [0.5, 0.6) is 5.75 Å². The maximum absolute atomic E-state index is 12.6. The van der Waals surface area contributed by atoms with E-state index in [-0.39, 0.29) is 11.7 Å². The smallest absolute Gasteiger partial charge is 0.251 e. The van der Waals surface area contributed by atoms with Crippen molar-refractivity contribution in [2.24, 2.45) is 0 Å². The van der Waals surface area contributed by atoms with Gasteiger partial charge in [0.15, 0.2) is 0 Å². The molecule has 3 rings (SSSR count). The lowest BCUT2D eigenvalue weighted by atomic mass is 10.2. The number of nitrogens with zero attached hydrogens (tertiary/aromatic N) is 2. The quantitative estimate of drug-likeness (QED) is 0.665. The molecule has 0 spiro atoms. The van der Waals surface area contributed by atoms with Crippen molar-refractivity contribution in [3.63, 3.8) is 0 Å². The van der Waals surface area contributed by atoms with Crippen LogP contribution in [0.3, 0.4) is 0 Å². The van der Waals surface area contributed by atoms with Crippen molar-refractivity contribution in [2.75, 3.05) is 50.5 Å². The number of hydrogen-bond donors (Lipinski definition) is 1. The summed E-state index contributed by atoms with van der Waals surface area (Å²) >= 11 is 0. The fraction of sp³-hybridized carbons (Fsp3) is 0.381. The largest absolute Gasteiger partial charge is 0.497 e. The van der Waals surface area contributed by atoms with Gasteiger partial charge >= 0.3 is 0 Å². The van der Waals surface area contributed by atoms with Crippen molar-refractivity contribution in [1.29, 1.82) is 0 Å². The van der Waals surface area contributed by atoms with E-state index in [1.165, 1.54) is 0 Å². The molecule has 8 heteroatoms. The molecule has 0 aromatic heterocycles. The van der Waals surface area contributed by atoms with Gasteiger partial charge in [0.1, 0.15) is 5.75 Å². The molecular weight excluding hydrogens is 390 g/mol. The molecule has 0 unspecified atom stereocenters. The lowest BCUT2D eigenvalue weighted by Crippen LogP contribution is -2.49. The van der Waals surface area contributed by atoms with Crippen LogP contribution in [0.1, 0.15) is 16.8 Å². The molecule has 0 saturated carbocycles. The molecule has 2 aromatic carbocycles. The lowest BCUT2D eigenvalue weighted by Gasteiger charge is -2.35. The highest BCUT2D eigenvalue weighted by molar-refractivity contribution is 7.89. The van der Waals surface area contributed by atoms with Gasteiger partial charge in [-0.1, -0.05) is 18.2 Å². The zero-order chi connectivity index (χ0) is 20.7. The molecule has 1 fully saturated rings. The molecule has 1 N–H and O–H groups in total. The Balaban J connectivity index is 1.41. The number of piperazine rings is 1. The average Bonchev–Trinajstić information content (AvgIpc) is 2.77. The van der Waals surface area contributed by atoms with E-state index in [0.717, 1.165) is 5.69 Å². The number of sulfonamides is 1.